The number of furan rings is 1. The van der Waals surface area contributed by atoms with Crippen molar-refractivity contribution in [3.8, 4) is 0 Å². The van der Waals surface area contributed by atoms with Crippen LogP contribution in [0.4, 0.5) is 0 Å². The molecule has 4 bridgehead atoms. The minimum Gasteiger partial charge on any atom is -0.472 e. The van der Waals surface area contributed by atoms with Crippen molar-refractivity contribution in [1.29, 1.82) is 0 Å². The number of hydrogen-bond donors (Lipinski definition) is 0. The molecule has 0 radical (unpaired) electrons. The molecule has 1 aromatic heterocycles. The van der Waals surface area contributed by atoms with Gasteiger partial charge in [-0.1, -0.05) is 20.8 Å². The summed E-state index contributed by atoms with van der Waals surface area (Å²) in [7, 11) is 1.21. The molecule has 4 aliphatic carbocycles. The Balaban J connectivity index is 1.45. The molecule has 1 unspecified atom stereocenters. The minimum absolute atomic E-state index is 0.121. The normalized spacial score (nSPS) is 50.1. The highest BCUT2D eigenvalue weighted by atomic mass is 16.9. The number of methoxy groups -OCH3 is 1. The zero-order valence-electron chi connectivity index (χ0n) is 28.8. The molecular weight excluding hydrogens is 644 g/mol. The number of fused-ring (bicyclic) bond motifs is 3. The molecule has 3 saturated heterocycles. The van der Waals surface area contributed by atoms with E-state index in [0.717, 1.165) is 0 Å². The number of hydrogen-bond acceptors (Lipinski definition) is 14. The van der Waals surface area contributed by atoms with Gasteiger partial charge in [0.25, 0.3) is 5.97 Å². The highest BCUT2D eigenvalue weighted by molar-refractivity contribution is 5.80. The lowest BCUT2D eigenvalue weighted by Crippen LogP contribution is -2.88. The molecule has 14 heteroatoms. The van der Waals surface area contributed by atoms with Crippen LogP contribution in [-0.2, 0) is 61.9 Å². The van der Waals surface area contributed by atoms with Crippen LogP contribution >= 0.6 is 0 Å². The van der Waals surface area contributed by atoms with E-state index in [9.17, 15) is 24.0 Å². The van der Waals surface area contributed by atoms with Crippen LogP contribution in [0.3, 0.4) is 0 Å². The smallest absolute Gasteiger partial charge is 0.347 e. The van der Waals surface area contributed by atoms with Crippen LogP contribution in [0.15, 0.2) is 23.0 Å². The average molecular weight is 687 g/mol. The van der Waals surface area contributed by atoms with Gasteiger partial charge >= 0.3 is 29.8 Å². The summed E-state index contributed by atoms with van der Waals surface area (Å²) >= 11 is 0. The third-order valence-electron chi connectivity index (χ3n) is 13.7. The lowest BCUT2D eigenvalue weighted by atomic mass is 9.34. The van der Waals surface area contributed by atoms with Crippen LogP contribution in [0.5, 0.6) is 0 Å². The number of cyclic esters (lactones) is 1. The summed E-state index contributed by atoms with van der Waals surface area (Å²) in [4.78, 5) is 66.4. The summed E-state index contributed by atoms with van der Waals surface area (Å²) in [6.07, 6.45) is -0.456. The lowest BCUT2D eigenvalue weighted by Gasteiger charge is -2.75. The molecule has 2 spiro atoms. The highest BCUT2D eigenvalue weighted by Gasteiger charge is 3.00. The molecule has 3 aliphatic heterocycles. The number of ether oxygens (including phenoxy) is 8. The van der Waals surface area contributed by atoms with E-state index in [2.05, 4.69) is 0 Å². The van der Waals surface area contributed by atoms with Gasteiger partial charge in [-0.05, 0) is 25.3 Å². The molecule has 1 aromatic rings. The fourth-order valence-corrected chi connectivity index (χ4v) is 12.8. The predicted octanol–water partition coefficient (Wildman–Crippen LogP) is 3.30. The van der Waals surface area contributed by atoms with Crippen molar-refractivity contribution in [2.75, 3.05) is 7.11 Å². The van der Waals surface area contributed by atoms with E-state index < -0.39 is 111 Å². The average Bonchev–Trinajstić information content (AvgIpc) is 3.70. The Bertz CT molecular complexity index is 1670. The van der Waals surface area contributed by atoms with E-state index in [1.807, 2.05) is 20.8 Å². The number of esters is 5. The number of carbonyl (C=O) groups is 5. The monoisotopic (exact) mass is 686 g/mol. The Kier molecular flexibility index (Phi) is 6.43. The second kappa shape index (κ2) is 9.64. The number of carbonyl (C=O) groups excluding carboxylic acids is 5. The van der Waals surface area contributed by atoms with Crippen LogP contribution in [-0.4, -0.2) is 78.0 Å². The fraction of sp³-hybridized carbons (Fsp3) is 0.743. The Morgan fingerprint density at radius 3 is 2.20 bits per heavy atom. The first-order valence-corrected chi connectivity index (χ1v) is 16.8. The SMILES string of the molecule is COC(=O)[C@@H](OC(C)=O)[C@H]1[C@]2(C)C[C@]34OC5(C)O[C@@]6([C@H](OC(C)=O)[C@@H]3[C@H]2OC(C)=O)[C@@H]2CC(=O)O[C@@H](c3ccoc3)[C@]2(C)CC[C@]6(O5)[C@]14C. The Labute approximate surface area is 282 Å². The van der Waals surface area contributed by atoms with Gasteiger partial charge in [-0.15, -0.1) is 0 Å². The summed E-state index contributed by atoms with van der Waals surface area (Å²) in [6, 6.07) is 1.75. The molecular formula is C35H42O14. The Morgan fingerprint density at radius 2 is 1.59 bits per heavy atom. The van der Waals surface area contributed by atoms with Crippen molar-refractivity contribution in [2.45, 2.75) is 121 Å². The van der Waals surface area contributed by atoms with Crippen LogP contribution in [0.25, 0.3) is 0 Å². The predicted molar refractivity (Wildman–Crippen MR) is 159 cm³/mol. The molecule has 8 rings (SSSR count). The molecule has 49 heavy (non-hydrogen) atoms. The van der Waals surface area contributed by atoms with Gasteiger partial charge < -0.3 is 42.3 Å². The Hall–Kier alpha value is -3.49. The fourth-order valence-electron chi connectivity index (χ4n) is 12.8. The highest BCUT2D eigenvalue weighted by Crippen LogP contribution is 2.89. The maximum atomic E-state index is 13.8. The molecule has 0 amide bonds. The van der Waals surface area contributed by atoms with Gasteiger partial charge in [0.2, 0.25) is 6.10 Å². The van der Waals surface area contributed by atoms with Crippen molar-refractivity contribution in [3.63, 3.8) is 0 Å². The van der Waals surface area contributed by atoms with Crippen LogP contribution in [0.1, 0.15) is 85.8 Å². The van der Waals surface area contributed by atoms with E-state index in [-0.39, 0.29) is 12.8 Å². The standard InChI is InChI=1S/C35H42O14/c1-16(36)43-23(28(40)41-8)24-30(5)15-33-22(26(30)44-17(2)37)27(45-18(3)38)35-20-13-21(39)46-25(19-9-12-42-14-19)29(20,4)10-11-34(35,31(24,33)6)48-32(7,47-33)49-35/h9,12,14,20,22-27H,10-11,13,15H2,1-8H3/t20-,22+,23+,24+,25+,26-,27-,29-,30+,31-,32?,33+,34+,35-/m1/s1. The summed E-state index contributed by atoms with van der Waals surface area (Å²) in [5, 5.41) is 0. The first kappa shape index (κ1) is 32.7. The van der Waals surface area contributed by atoms with Crippen LogP contribution in [0, 0.1) is 34.0 Å². The van der Waals surface area contributed by atoms with Crippen molar-refractivity contribution in [2.24, 2.45) is 34.0 Å². The summed E-state index contributed by atoms with van der Waals surface area (Å²) in [6.45, 7) is 11.3. The third kappa shape index (κ3) is 3.50. The zero-order chi connectivity index (χ0) is 35.3. The second-order valence-electron chi connectivity index (χ2n) is 15.9. The topological polar surface area (TPSA) is 172 Å². The van der Waals surface area contributed by atoms with E-state index >= 15 is 0 Å². The van der Waals surface area contributed by atoms with Crippen LogP contribution in [0.2, 0.25) is 0 Å². The van der Waals surface area contributed by atoms with E-state index in [4.69, 9.17) is 42.3 Å². The maximum absolute atomic E-state index is 13.8. The van der Waals surface area contributed by atoms with Gasteiger partial charge in [0, 0.05) is 61.3 Å². The zero-order valence-corrected chi connectivity index (χ0v) is 28.8. The second-order valence-corrected chi connectivity index (χ2v) is 15.9. The van der Waals surface area contributed by atoms with Crippen molar-refractivity contribution in [3.05, 3.63) is 24.2 Å². The molecule has 7 fully saturated rings. The van der Waals surface area contributed by atoms with E-state index in [0.29, 0.717) is 18.4 Å². The molecule has 266 valence electrons. The van der Waals surface area contributed by atoms with Gasteiger partial charge in [0.1, 0.15) is 29.5 Å². The molecule has 14 atom stereocenters. The van der Waals surface area contributed by atoms with Gasteiger partial charge in [0.15, 0.2) is 0 Å². The first-order chi connectivity index (χ1) is 22.9. The molecule has 14 nitrogen and oxygen atoms in total. The quantitative estimate of drug-likeness (QED) is 0.315. The third-order valence-corrected chi connectivity index (χ3v) is 13.7. The summed E-state index contributed by atoms with van der Waals surface area (Å²) in [5.41, 5.74) is -6.77. The Morgan fingerprint density at radius 1 is 0.898 bits per heavy atom. The van der Waals surface area contributed by atoms with Gasteiger partial charge in [-0.3, -0.25) is 19.2 Å². The summed E-state index contributed by atoms with van der Waals surface area (Å²) in [5.74, 6) is -7.38. The molecule has 4 saturated carbocycles. The largest absolute Gasteiger partial charge is 0.472 e. The van der Waals surface area contributed by atoms with Crippen molar-refractivity contribution in [1.82, 2.24) is 0 Å². The van der Waals surface area contributed by atoms with Gasteiger partial charge in [0.05, 0.1) is 37.6 Å². The van der Waals surface area contributed by atoms with Crippen molar-refractivity contribution < 1.29 is 66.3 Å². The van der Waals surface area contributed by atoms with Crippen molar-refractivity contribution >= 4 is 29.8 Å². The van der Waals surface area contributed by atoms with E-state index in [1.54, 1.807) is 19.3 Å². The molecule has 7 aliphatic rings. The minimum atomic E-state index is -1.70. The molecule has 4 heterocycles. The first-order valence-electron chi connectivity index (χ1n) is 16.8. The van der Waals surface area contributed by atoms with Crippen LogP contribution < -0.4 is 0 Å². The van der Waals surface area contributed by atoms with E-state index in [1.165, 1.54) is 34.1 Å². The van der Waals surface area contributed by atoms with Gasteiger partial charge in [-0.25, -0.2) is 4.79 Å². The number of rotatable bonds is 6. The summed E-state index contributed by atoms with van der Waals surface area (Å²) < 4.78 is 56.6. The lowest BCUT2D eigenvalue weighted by molar-refractivity contribution is -0.458. The molecule has 0 aromatic carbocycles. The maximum Gasteiger partial charge on any atom is 0.347 e. The molecule has 0 N–H and O–H groups in total. The van der Waals surface area contributed by atoms with Gasteiger partial charge in [-0.2, -0.15) is 0 Å².